The number of nitrogens with zero attached hydrogens (tertiary/aromatic N) is 1. The average molecular weight is 582 g/mol. The lowest BCUT2D eigenvalue weighted by atomic mass is 9.94. The Balaban J connectivity index is 1.60. The number of benzene rings is 3. The fourth-order valence-corrected chi connectivity index (χ4v) is 5.43. The SMILES string of the molecule is CC(C)c1ccc(OCC(=O)N(Cc2ccc(Cl)c(Cl)c2)C(Cc2ccccc2)C(=O)NC2CCCCC2)cc1. The molecule has 1 aliphatic rings. The van der Waals surface area contributed by atoms with Gasteiger partial charge < -0.3 is 15.0 Å². The Hall–Kier alpha value is -3.02. The third-order valence-corrected chi connectivity index (χ3v) is 8.21. The summed E-state index contributed by atoms with van der Waals surface area (Å²) in [5.41, 5.74) is 2.96. The maximum atomic E-state index is 13.9. The molecule has 1 aliphatic carbocycles. The first-order chi connectivity index (χ1) is 19.3. The van der Waals surface area contributed by atoms with Crippen molar-refractivity contribution in [2.45, 2.75) is 76.9 Å². The van der Waals surface area contributed by atoms with Gasteiger partial charge in [0.1, 0.15) is 11.8 Å². The Labute approximate surface area is 247 Å². The van der Waals surface area contributed by atoms with E-state index in [1.54, 1.807) is 17.0 Å². The molecule has 0 aromatic heterocycles. The standard InChI is InChI=1S/C33H38Cl2N2O3/c1-23(2)26-14-16-28(17-15-26)40-22-32(38)37(21-25-13-18-29(34)30(35)19-25)31(20-24-9-5-3-6-10-24)33(39)36-27-11-7-4-8-12-27/h3,5-6,9-10,13-19,23,27,31H,4,7-8,11-12,20-22H2,1-2H3,(H,36,39). The van der Waals surface area contributed by atoms with Crippen molar-refractivity contribution in [1.29, 1.82) is 0 Å². The van der Waals surface area contributed by atoms with Gasteiger partial charge >= 0.3 is 0 Å². The van der Waals surface area contributed by atoms with Gasteiger partial charge in [-0.05, 0) is 59.7 Å². The summed E-state index contributed by atoms with van der Waals surface area (Å²) in [6, 6.07) is 22.3. The molecule has 0 aliphatic heterocycles. The number of carbonyl (C=O) groups is 2. The Bertz CT molecular complexity index is 1260. The van der Waals surface area contributed by atoms with Crippen LogP contribution in [0, 0.1) is 0 Å². The number of hydrogen-bond acceptors (Lipinski definition) is 3. The largest absolute Gasteiger partial charge is 0.484 e. The van der Waals surface area contributed by atoms with Crippen LogP contribution in [-0.4, -0.2) is 35.4 Å². The highest BCUT2D eigenvalue weighted by Crippen LogP contribution is 2.25. The number of nitrogens with one attached hydrogen (secondary N) is 1. The molecule has 0 bridgehead atoms. The van der Waals surface area contributed by atoms with Crippen molar-refractivity contribution in [3.8, 4) is 5.75 Å². The van der Waals surface area contributed by atoms with Gasteiger partial charge in [0.05, 0.1) is 10.0 Å². The number of ether oxygens (including phenoxy) is 1. The van der Waals surface area contributed by atoms with Crippen LogP contribution in [0.15, 0.2) is 72.8 Å². The van der Waals surface area contributed by atoms with Crippen LogP contribution in [0.5, 0.6) is 5.75 Å². The molecule has 0 heterocycles. The summed E-state index contributed by atoms with van der Waals surface area (Å²) in [4.78, 5) is 29.3. The Morgan fingerprint density at radius 1 is 0.900 bits per heavy atom. The number of halogens is 2. The summed E-state index contributed by atoms with van der Waals surface area (Å²) in [6.07, 6.45) is 5.69. The zero-order valence-corrected chi connectivity index (χ0v) is 24.8. The van der Waals surface area contributed by atoms with Crippen LogP contribution < -0.4 is 10.1 Å². The van der Waals surface area contributed by atoms with Gasteiger partial charge in [0.25, 0.3) is 5.91 Å². The lowest BCUT2D eigenvalue weighted by molar-refractivity contribution is -0.143. The van der Waals surface area contributed by atoms with Crippen LogP contribution in [-0.2, 0) is 22.6 Å². The molecule has 1 atom stereocenters. The van der Waals surface area contributed by atoms with Crippen molar-refractivity contribution in [1.82, 2.24) is 10.2 Å². The van der Waals surface area contributed by atoms with Crippen molar-refractivity contribution >= 4 is 35.0 Å². The number of rotatable bonds is 11. The smallest absolute Gasteiger partial charge is 0.261 e. The molecular formula is C33H38Cl2N2O3. The first-order valence-corrected chi connectivity index (χ1v) is 14.9. The summed E-state index contributed by atoms with van der Waals surface area (Å²) in [5.74, 6) is 0.585. The quantitative estimate of drug-likeness (QED) is 0.254. The van der Waals surface area contributed by atoms with E-state index in [1.165, 1.54) is 12.0 Å². The van der Waals surface area contributed by atoms with Gasteiger partial charge in [-0.1, -0.05) is 105 Å². The van der Waals surface area contributed by atoms with Crippen LogP contribution >= 0.6 is 23.2 Å². The fraction of sp³-hybridized carbons (Fsp3) is 0.394. The van der Waals surface area contributed by atoms with Crippen LogP contribution in [0.4, 0.5) is 0 Å². The zero-order chi connectivity index (χ0) is 28.5. The van der Waals surface area contributed by atoms with Crippen LogP contribution in [0.2, 0.25) is 10.0 Å². The van der Waals surface area contributed by atoms with E-state index in [4.69, 9.17) is 27.9 Å². The van der Waals surface area contributed by atoms with Crippen molar-refractivity contribution in [3.05, 3.63) is 99.5 Å². The average Bonchev–Trinajstić information content (AvgIpc) is 2.96. The number of amides is 2. The van der Waals surface area contributed by atoms with E-state index in [-0.39, 0.29) is 31.0 Å². The van der Waals surface area contributed by atoms with E-state index in [2.05, 4.69) is 19.2 Å². The van der Waals surface area contributed by atoms with Gasteiger partial charge in [0.2, 0.25) is 5.91 Å². The predicted molar refractivity (Wildman–Crippen MR) is 162 cm³/mol. The van der Waals surface area contributed by atoms with Crippen LogP contribution in [0.25, 0.3) is 0 Å². The third kappa shape index (κ3) is 8.49. The lowest BCUT2D eigenvalue weighted by Crippen LogP contribution is -2.53. The van der Waals surface area contributed by atoms with Gasteiger partial charge in [0, 0.05) is 19.0 Å². The van der Waals surface area contributed by atoms with Crippen molar-refractivity contribution in [2.75, 3.05) is 6.61 Å². The zero-order valence-electron chi connectivity index (χ0n) is 23.2. The molecule has 2 amide bonds. The minimum Gasteiger partial charge on any atom is -0.484 e. The molecule has 212 valence electrons. The maximum absolute atomic E-state index is 13.9. The highest BCUT2D eigenvalue weighted by molar-refractivity contribution is 6.42. The van der Waals surface area contributed by atoms with Gasteiger partial charge in [-0.15, -0.1) is 0 Å². The molecule has 3 aromatic carbocycles. The normalized spacial score (nSPS) is 14.5. The maximum Gasteiger partial charge on any atom is 0.261 e. The minimum atomic E-state index is -0.724. The number of hydrogen-bond donors (Lipinski definition) is 1. The molecule has 4 rings (SSSR count). The lowest BCUT2D eigenvalue weighted by Gasteiger charge is -2.33. The molecule has 1 unspecified atom stereocenters. The third-order valence-electron chi connectivity index (χ3n) is 7.47. The molecule has 0 radical (unpaired) electrons. The van der Waals surface area contributed by atoms with Crippen molar-refractivity contribution < 1.29 is 14.3 Å². The predicted octanol–water partition coefficient (Wildman–Crippen LogP) is 7.58. The van der Waals surface area contributed by atoms with E-state index >= 15 is 0 Å². The number of carbonyl (C=O) groups excluding carboxylic acids is 2. The van der Waals surface area contributed by atoms with Crippen molar-refractivity contribution in [3.63, 3.8) is 0 Å². The Morgan fingerprint density at radius 2 is 1.60 bits per heavy atom. The molecule has 1 fully saturated rings. The molecule has 0 spiro atoms. The van der Waals surface area contributed by atoms with E-state index in [9.17, 15) is 9.59 Å². The molecule has 1 saturated carbocycles. The van der Waals surface area contributed by atoms with Gasteiger partial charge in [0.15, 0.2) is 6.61 Å². The highest BCUT2D eigenvalue weighted by Gasteiger charge is 2.32. The molecular weight excluding hydrogens is 543 g/mol. The first kappa shape index (κ1) is 30.0. The highest BCUT2D eigenvalue weighted by atomic mass is 35.5. The first-order valence-electron chi connectivity index (χ1n) is 14.1. The fourth-order valence-electron chi connectivity index (χ4n) is 5.11. The molecule has 0 saturated heterocycles. The molecule has 5 nitrogen and oxygen atoms in total. The van der Waals surface area contributed by atoms with Gasteiger partial charge in [-0.25, -0.2) is 0 Å². The summed E-state index contributed by atoms with van der Waals surface area (Å²) < 4.78 is 5.92. The molecule has 7 heteroatoms. The second-order valence-electron chi connectivity index (χ2n) is 10.8. The summed E-state index contributed by atoms with van der Waals surface area (Å²) in [6.45, 7) is 4.27. The Kier molecular flexibility index (Phi) is 10.9. The molecule has 40 heavy (non-hydrogen) atoms. The summed E-state index contributed by atoms with van der Waals surface area (Å²) in [5, 5.41) is 4.09. The van der Waals surface area contributed by atoms with Crippen molar-refractivity contribution in [2.24, 2.45) is 0 Å². The second kappa shape index (κ2) is 14.6. The topological polar surface area (TPSA) is 58.6 Å². The van der Waals surface area contributed by atoms with E-state index < -0.39 is 6.04 Å². The minimum absolute atomic E-state index is 0.122. The second-order valence-corrected chi connectivity index (χ2v) is 11.6. The van der Waals surface area contributed by atoms with Gasteiger partial charge in [-0.3, -0.25) is 9.59 Å². The molecule has 3 aromatic rings. The van der Waals surface area contributed by atoms with Crippen LogP contribution in [0.1, 0.15) is 68.6 Å². The van der Waals surface area contributed by atoms with Crippen LogP contribution in [0.3, 0.4) is 0 Å². The monoisotopic (exact) mass is 580 g/mol. The summed E-state index contributed by atoms with van der Waals surface area (Å²) in [7, 11) is 0. The van der Waals surface area contributed by atoms with E-state index in [0.29, 0.717) is 28.1 Å². The Morgan fingerprint density at radius 3 is 2.25 bits per heavy atom. The van der Waals surface area contributed by atoms with E-state index in [1.807, 2.05) is 60.7 Å². The summed E-state index contributed by atoms with van der Waals surface area (Å²) >= 11 is 12.5. The molecule has 1 N–H and O–H groups in total. The van der Waals surface area contributed by atoms with Gasteiger partial charge in [-0.2, -0.15) is 0 Å². The van der Waals surface area contributed by atoms with E-state index in [0.717, 1.165) is 36.8 Å².